The van der Waals surface area contributed by atoms with Crippen LogP contribution in [-0.2, 0) is 6.42 Å². The van der Waals surface area contributed by atoms with E-state index in [0.717, 1.165) is 42.4 Å². The van der Waals surface area contributed by atoms with E-state index in [1.165, 1.54) is 12.5 Å². The summed E-state index contributed by atoms with van der Waals surface area (Å²) in [6, 6.07) is 0. The molecule has 0 spiro atoms. The zero-order valence-corrected chi connectivity index (χ0v) is 12.1. The Morgan fingerprint density at radius 2 is 2.15 bits per heavy atom. The Bertz CT molecular complexity index is 580. The average molecular weight is 293 g/mol. The summed E-state index contributed by atoms with van der Waals surface area (Å²) in [5.74, 6) is 0.494. The number of anilines is 1. The fraction of sp³-hybridized carbons (Fsp3) is 0.538. The first-order valence-corrected chi connectivity index (χ1v) is 7.62. The molecular weight excluding hydrogens is 277 g/mol. The van der Waals surface area contributed by atoms with Crippen LogP contribution in [0.15, 0.2) is 12.5 Å². The molecule has 3 heterocycles. The molecule has 0 bridgehead atoms. The van der Waals surface area contributed by atoms with Gasteiger partial charge in [-0.3, -0.25) is 0 Å². The Balaban J connectivity index is 1.66. The van der Waals surface area contributed by atoms with Crippen LogP contribution in [0.2, 0.25) is 0 Å². The maximum Gasteiger partial charge on any atom is 0.183 e. The molecule has 7 heteroatoms. The van der Waals surface area contributed by atoms with Crippen molar-refractivity contribution in [2.45, 2.75) is 32.1 Å². The monoisotopic (exact) mass is 293 g/mol. The summed E-state index contributed by atoms with van der Waals surface area (Å²) in [4.78, 5) is 9.70. The Labute approximate surface area is 120 Å². The summed E-state index contributed by atoms with van der Waals surface area (Å²) < 4.78 is 13.7. The van der Waals surface area contributed by atoms with Crippen molar-refractivity contribution in [3.05, 3.63) is 28.4 Å². The van der Waals surface area contributed by atoms with Crippen molar-refractivity contribution in [2.24, 2.45) is 0 Å². The molecule has 1 fully saturated rings. The topological polar surface area (TPSA) is 54.8 Å². The molecule has 5 nitrogen and oxygen atoms in total. The molecule has 0 unspecified atom stereocenters. The second-order valence-electron chi connectivity index (χ2n) is 4.84. The molecule has 1 aliphatic heterocycles. The van der Waals surface area contributed by atoms with Gasteiger partial charge in [-0.05, 0) is 19.3 Å². The van der Waals surface area contributed by atoms with Crippen LogP contribution in [0.25, 0.3) is 0 Å². The van der Waals surface area contributed by atoms with Crippen LogP contribution in [0, 0.1) is 5.82 Å². The standard InChI is InChI=1S/C13H16FN5S/c1-2-11-17-18-13(20-11)9-3-5-19(6-4-9)12-10(14)7-15-8-16-12/h7-9H,2-6H2,1H3. The fourth-order valence-electron chi connectivity index (χ4n) is 2.45. The van der Waals surface area contributed by atoms with Crippen molar-refractivity contribution in [3.63, 3.8) is 0 Å². The van der Waals surface area contributed by atoms with E-state index >= 15 is 0 Å². The summed E-state index contributed by atoms with van der Waals surface area (Å²) in [6.07, 6.45) is 5.46. The number of aryl methyl sites for hydroxylation is 1. The van der Waals surface area contributed by atoms with Gasteiger partial charge in [-0.1, -0.05) is 6.92 Å². The van der Waals surface area contributed by atoms with Crippen molar-refractivity contribution < 1.29 is 4.39 Å². The number of halogens is 1. The number of nitrogens with zero attached hydrogens (tertiary/aromatic N) is 5. The van der Waals surface area contributed by atoms with Crippen molar-refractivity contribution in [1.29, 1.82) is 0 Å². The lowest BCUT2D eigenvalue weighted by Gasteiger charge is -2.31. The Morgan fingerprint density at radius 1 is 1.35 bits per heavy atom. The van der Waals surface area contributed by atoms with Gasteiger partial charge in [0.25, 0.3) is 0 Å². The molecule has 3 rings (SSSR count). The summed E-state index contributed by atoms with van der Waals surface area (Å²) in [5, 5.41) is 10.7. The van der Waals surface area contributed by atoms with Crippen molar-refractivity contribution in [1.82, 2.24) is 20.2 Å². The normalized spacial score (nSPS) is 16.6. The molecule has 0 aliphatic carbocycles. The minimum absolute atomic E-state index is 0.352. The predicted octanol–water partition coefficient (Wildman–Crippen LogP) is 2.41. The number of rotatable bonds is 3. The van der Waals surface area contributed by atoms with E-state index in [4.69, 9.17) is 0 Å². The van der Waals surface area contributed by atoms with Crippen LogP contribution in [0.4, 0.5) is 10.2 Å². The second-order valence-corrected chi connectivity index (χ2v) is 5.94. The molecule has 0 amide bonds. The van der Waals surface area contributed by atoms with Crippen LogP contribution in [-0.4, -0.2) is 33.3 Å². The Hall–Kier alpha value is -1.63. The summed E-state index contributed by atoms with van der Waals surface area (Å²) in [7, 11) is 0. The van der Waals surface area contributed by atoms with E-state index in [1.54, 1.807) is 11.3 Å². The van der Waals surface area contributed by atoms with Crippen LogP contribution < -0.4 is 4.90 Å². The van der Waals surface area contributed by atoms with Crippen LogP contribution >= 0.6 is 11.3 Å². The van der Waals surface area contributed by atoms with Gasteiger partial charge in [-0.2, -0.15) is 0 Å². The molecule has 20 heavy (non-hydrogen) atoms. The Morgan fingerprint density at radius 3 is 2.80 bits per heavy atom. The van der Waals surface area contributed by atoms with Gasteiger partial charge in [-0.15, -0.1) is 21.5 Å². The van der Waals surface area contributed by atoms with Crippen molar-refractivity contribution in [2.75, 3.05) is 18.0 Å². The van der Waals surface area contributed by atoms with E-state index in [2.05, 4.69) is 27.1 Å². The molecule has 2 aromatic heterocycles. The van der Waals surface area contributed by atoms with Crippen molar-refractivity contribution >= 4 is 17.2 Å². The third-order valence-electron chi connectivity index (χ3n) is 3.58. The van der Waals surface area contributed by atoms with E-state index in [9.17, 15) is 4.39 Å². The van der Waals surface area contributed by atoms with E-state index in [1.807, 2.05) is 4.90 Å². The maximum absolute atomic E-state index is 13.7. The van der Waals surface area contributed by atoms with Crippen LogP contribution in [0.5, 0.6) is 0 Å². The average Bonchev–Trinajstić information content (AvgIpc) is 2.97. The first kappa shape index (κ1) is 13.4. The molecule has 2 aromatic rings. The zero-order chi connectivity index (χ0) is 13.9. The lowest BCUT2D eigenvalue weighted by atomic mass is 9.98. The quantitative estimate of drug-likeness (QED) is 0.870. The van der Waals surface area contributed by atoms with Gasteiger partial charge in [-0.25, -0.2) is 14.4 Å². The highest BCUT2D eigenvalue weighted by Crippen LogP contribution is 2.32. The zero-order valence-electron chi connectivity index (χ0n) is 11.3. The highest BCUT2D eigenvalue weighted by molar-refractivity contribution is 7.11. The van der Waals surface area contributed by atoms with Gasteiger partial charge in [0.15, 0.2) is 11.6 Å². The molecule has 1 aliphatic rings. The molecule has 1 saturated heterocycles. The number of aromatic nitrogens is 4. The molecule has 0 saturated carbocycles. The van der Waals surface area contributed by atoms with Gasteiger partial charge < -0.3 is 4.90 Å². The van der Waals surface area contributed by atoms with Gasteiger partial charge >= 0.3 is 0 Å². The second kappa shape index (κ2) is 5.78. The number of hydrogen-bond donors (Lipinski definition) is 0. The van der Waals surface area contributed by atoms with E-state index < -0.39 is 0 Å². The lowest BCUT2D eigenvalue weighted by molar-refractivity contribution is 0.488. The SMILES string of the molecule is CCc1nnc(C2CCN(c3ncncc3F)CC2)s1. The molecule has 0 aromatic carbocycles. The highest BCUT2D eigenvalue weighted by Gasteiger charge is 2.25. The summed E-state index contributed by atoms with van der Waals surface area (Å²) in [5.41, 5.74) is 0. The molecule has 0 N–H and O–H groups in total. The Kier molecular flexibility index (Phi) is 3.86. The summed E-state index contributed by atoms with van der Waals surface area (Å²) >= 11 is 1.70. The van der Waals surface area contributed by atoms with Crippen LogP contribution in [0.1, 0.15) is 35.7 Å². The van der Waals surface area contributed by atoms with Crippen molar-refractivity contribution in [3.8, 4) is 0 Å². The molecule has 0 radical (unpaired) electrons. The predicted molar refractivity (Wildman–Crippen MR) is 75.5 cm³/mol. The molecular formula is C13H16FN5S. The number of hydrogen-bond acceptors (Lipinski definition) is 6. The molecule has 0 atom stereocenters. The van der Waals surface area contributed by atoms with Gasteiger partial charge in [0, 0.05) is 19.0 Å². The lowest BCUT2D eigenvalue weighted by Crippen LogP contribution is -2.34. The first-order chi connectivity index (χ1) is 9.78. The minimum atomic E-state index is -0.352. The van der Waals surface area contributed by atoms with Gasteiger partial charge in [0.2, 0.25) is 0 Å². The van der Waals surface area contributed by atoms with Gasteiger partial charge in [0.1, 0.15) is 16.3 Å². The largest absolute Gasteiger partial charge is 0.354 e. The first-order valence-electron chi connectivity index (χ1n) is 6.80. The maximum atomic E-state index is 13.7. The van der Waals surface area contributed by atoms with Crippen LogP contribution in [0.3, 0.4) is 0 Å². The third-order valence-corrected chi connectivity index (χ3v) is 4.81. The van der Waals surface area contributed by atoms with E-state index in [-0.39, 0.29) is 5.82 Å². The highest BCUT2D eigenvalue weighted by atomic mass is 32.1. The number of piperidine rings is 1. The molecule has 106 valence electrons. The minimum Gasteiger partial charge on any atom is -0.354 e. The summed E-state index contributed by atoms with van der Waals surface area (Å²) in [6.45, 7) is 3.67. The van der Waals surface area contributed by atoms with Gasteiger partial charge in [0.05, 0.1) is 6.20 Å². The third kappa shape index (κ3) is 2.63. The van der Waals surface area contributed by atoms with E-state index in [0.29, 0.717) is 11.7 Å². The fourth-order valence-corrected chi connectivity index (χ4v) is 3.40. The smallest absolute Gasteiger partial charge is 0.183 e.